The highest BCUT2D eigenvalue weighted by atomic mass is 127. The highest BCUT2D eigenvalue weighted by molar-refractivity contribution is 14.1. The molecule has 0 aliphatic carbocycles. The molecule has 3 aromatic rings. The van der Waals surface area contributed by atoms with Gasteiger partial charge in [0, 0.05) is 3.57 Å². The van der Waals surface area contributed by atoms with Crippen molar-refractivity contribution in [3.8, 4) is 0 Å². The van der Waals surface area contributed by atoms with Crippen molar-refractivity contribution in [3.05, 3.63) is 80.7 Å². The van der Waals surface area contributed by atoms with Crippen molar-refractivity contribution in [2.45, 2.75) is 11.8 Å². The largest absolute Gasteiger partial charge is 0.207 e. The Balaban J connectivity index is 2.18. The van der Waals surface area contributed by atoms with Crippen molar-refractivity contribution in [1.29, 1.82) is 0 Å². The number of aryl methyl sites for hydroxylation is 1. The summed E-state index contributed by atoms with van der Waals surface area (Å²) in [5.41, 5.74) is 3.56. The smallest absolute Gasteiger partial charge is 0.124 e. The lowest BCUT2D eigenvalue weighted by Crippen LogP contribution is -1.98. The SMILES string of the molecule is Cc1ccc(C(Br)c2ccc(F)cc2I)c2ccccc12. The third-order valence-corrected chi connectivity index (χ3v) is 5.61. The maximum atomic E-state index is 13.3. The van der Waals surface area contributed by atoms with Gasteiger partial charge >= 0.3 is 0 Å². The van der Waals surface area contributed by atoms with Crippen LogP contribution in [0.1, 0.15) is 21.5 Å². The van der Waals surface area contributed by atoms with E-state index in [2.05, 4.69) is 81.8 Å². The first-order chi connectivity index (χ1) is 10.1. The van der Waals surface area contributed by atoms with Gasteiger partial charge in [0.2, 0.25) is 0 Å². The van der Waals surface area contributed by atoms with Gasteiger partial charge in [-0.2, -0.15) is 0 Å². The number of alkyl halides is 1. The highest BCUT2D eigenvalue weighted by Crippen LogP contribution is 2.38. The Morgan fingerprint density at radius 1 is 0.952 bits per heavy atom. The molecule has 0 aliphatic heterocycles. The summed E-state index contributed by atoms with van der Waals surface area (Å²) >= 11 is 5.98. The Hall–Kier alpha value is -0.940. The van der Waals surface area contributed by atoms with E-state index in [-0.39, 0.29) is 10.6 Å². The number of benzene rings is 3. The first-order valence-corrected chi connectivity index (χ1v) is 8.64. The van der Waals surface area contributed by atoms with Gasteiger partial charge in [0.1, 0.15) is 5.82 Å². The molecule has 106 valence electrons. The Morgan fingerprint density at radius 2 is 1.62 bits per heavy atom. The minimum absolute atomic E-state index is 0.0514. The van der Waals surface area contributed by atoms with Gasteiger partial charge in [-0.05, 0) is 69.1 Å². The fourth-order valence-corrected chi connectivity index (χ4v) is 4.58. The third kappa shape index (κ3) is 2.86. The van der Waals surface area contributed by atoms with Gasteiger partial charge in [0.15, 0.2) is 0 Å². The van der Waals surface area contributed by atoms with Crippen LogP contribution >= 0.6 is 38.5 Å². The monoisotopic (exact) mass is 454 g/mol. The second-order valence-electron chi connectivity index (χ2n) is 5.05. The van der Waals surface area contributed by atoms with E-state index in [1.54, 1.807) is 6.07 Å². The number of halogens is 3. The second-order valence-corrected chi connectivity index (χ2v) is 7.12. The fraction of sp³-hybridized carbons (Fsp3) is 0.111. The van der Waals surface area contributed by atoms with Crippen molar-refractivity contribution in [2.75, 3.05) is 0 Å². The van der Waals surface area contributed by atoms with E-state index in [4.69, 9.17) is 0 Å². The lowest BCUT2D eigenvalue weighted by molar-refractivity contribution is 0.626. The van der Waals surface area contributed by atoms with Crippen LogP contribution in [0.15, 0.2) is 54.6 Å². The minimum Gasteiger partial charge on any atom is -0.207 e. The summed E-state index contributed by atoms with van der Waals surface area (Å²) < 4.78 is 14.2. The molecule has 0 heterocycles. The maximum Gasteiger partial charge on any atom is 0.124 e. The van der Waals surface area contributed by atoms with Crippen LogP contribution < -0.4 is 0 Å². The topological polar surface area (TPSA) is 0 Å². The molecule has 0 saturated carbocycles. The average Bonchev–Trinajstić information content (AvgIpc) is 2.47. The number of rotatable bonds is 2. The molecule has 0 aliphatic rings. The normalized spacial score (nSPS) is 12.6. The summed E-state index contributed by atoms with van der Waals surface area (Å²) in [6.45, 7) is 2.12. The first-order valence-electron chi connectivity index (χ1n) is 6.65. The van der Waals surface area contributed by atoms with Gasteiger partial charge in [-0.1, -0.05) is 58.4 Å². The standard InChI is InChI=1S/C18H13BrFI/c1-11-6-8-15(14-5-3-2-4-13(11)14)18(19)16-9-7-12(20)10-17(16)21/h2-10,18H,1H3. The molecule has 0 aromatic heterocycles. The molecule has 3 aromatic carbocycles. The summed E-state index contributed by atoms with van der Waals surface area (Å²) in [5, 5.41) is 2.50. The quantitative estimate of drug-likeness (QED) is 0.311. The molecule has 0 radical (unpaired) electrons. The van der Waals surface area contributed by atoms with Gasteiger partial charge in [0.05, 0.1) is 4.83 Å². The van der Waals surface area contributed by atoms with E-state index in [9.17, 15) is 4.39 Å². The van der Waals surface area contributed by atoms with E-state index >= 15 is 0 Å². The summed E-state index contributed by atoms with van der Waals surface area (Å²) in [6, 6.07) is 17.6. The summed E-state index contributed by atoms with van der Waals surface area (Å²) in [7, 11) is 0. The van der Waals surface area contributed by atoms with E-state index in [0.717, 1.165) is 9.13 Å². The molecule has 1 unspecified atom stereocenters. The van der Waals surface area contributed by atoms with Crippen molar-refractivity contribution in [3.63, 3.8) is 0 Å². The van der Waals surface area contributed by atoms with E-state index in [1.165, 1.54) is 28.0 Å². The van der Waals surface area contributed by atoms with Crippen LogP contribution in [0.25, 0.3) is 10.8 Å². The fourth-order valence-electron chi connectivity index (χ4n) is 2.57. The number of hydrogen-bond acceptors (Lipinski definition) is 0. The van der Waals surface area contributed by atoms with Crippen molar-refractivity contribution >= 4 is 49.3 Å². The van der Waals surface area contributed by atoms with Crippen LogP contribution in [-0.2, 0) is 0 Å². The summed E-state index contributed by atoms with van der Waals surface area (Å²) in [5.74, 6) is -0.198. The van der Waals surface area contributed by atoms with Crippen LogP contribution in [0.5, 0.6) is 0 Å². The maximum absolute atomic E-state index is 13.3. The van der Waals surface area contributed by atoms with Gasteiger partial charge < -0.3 is 0 Å². The predicted molar refractivity (Wildman–Crippen MR) is 98.6 cm³/mol. The molecule has 1 atom stereocenters. The minimum atomic E-state index is -0.198. The molecule has 0 nitrogen and oxygen atoms in total. The first kappa shape index (κ1) is 15.0. The molecule has 0 amide bonds. The van der Waals surface area contributed by atoms with Crippen LogP contribution in [-0.4, -0.2) is 0 Å². The zero-order valence-electron chi connectivity index (χ0n) is 11.4. The Morgan fingerprint density at radius 3 is 2.33 bits per heavy atom. The molecule has 0 spiro atoms. The van der Waals surface area contributed by atoms with Crippen LogP contribution in [0.2, 0.25) is 0 Å². The lowest BCUT2D eigenvalue weighted by Gasteiger charge is -2.16. The average molecular weight is 455 g/mol. The number of fused-ring (bicyclic) bond motifs is 1. The molecule has 0 bridgehead atoms. The molecule has 3 heteroatoms. The third-order valence-electron chi connectivity index (χ3n) is 3.68. The van der Waals surface area contributed by atoms with E-state index in [0.29, 0.717) is 0 Å². The van der Waals surface area contributed by atoms with Crippen LogP contribution in [0, 0.1) is 16.3 Å². The lowest BCUT2D eigenvalue weighted by atomic mass is 9.96. The Kier molecular flexibility index (Phi) is 4.31. The second kappa shape index (κ2) is 6.05. The molecule has 0 saturated heterocycles. The van der Waals surface area contributed by atoms with Gasteiger partial charge in [-0.15, -0.1) is 0 Å². The zero-order chi connectivity index (χ0) is 15.0. The highest BCUT2D eigenvalue weighted by Gasteiger charge is 2.16. The number of hydrogen-bond donors (Lipinski definition) is 0. The molecule has 0 N–H and O–H groups in total. The Labute approximate surface area is 145 Å². The Bertz CT molecular complexity index is 813. The predicted octanol–water partition coefficient (Wildman–Crippen LogP) is 6.38. The summed E-state index contributed by atoms with van der Waals surface area (Å²) in [4.78, 5) is 0.0514. The van der Waals surface area contributed by atoms with E-state index in [1.807, 2.05) is 6.07 Å². The van der Waals surface area contributed by atoms with Gasteiger partial charge in [-0.3, -0.25) is 0 Å². The van der Waals surface area contributed by atoms with Gasteiger partial charge in [0.25, 0.3) is 0 Å². The summed E-state index contributed by atoms with van der Waals surface area (Å²) in [6.07, 6.45) is 0. The van der Waals surface area contributed by atoms with E-state index < -0.39 is 0 Å². The molecule has 21 heavy (non-hydrogen) atoms. The van der Waals surface area contributed by atoms with Crippen molar-refractivity contribution < 1.29 is 4.39 Å². The zero-order valence-corrected chi connectivity index (χ0v) is 15.2. The molecular weight excluding hydrogens is 442 g/mol. The van der Waals surface area contributed by atoms with Crippen molar-refractivity contribution in [1.82, 2.24) is 0 Å². The molecule has 0 fully saturated rings. The molecular formula is C18H13BrFI. The van der Waals surface area contributed by atoms with Crippen LogP contribution in [0.3, 0.4) is 0 Å². The molecule has 3 rings (SSSR count). The van der Waals surface area contributed by atoms with Crippen LogP contribution in [0.4, 0.5) is 4.39 Å². The van der Waals surface area contributed by atoms with Gasteiger partial charge in [-0.25, -0.2) is 4.39 Å². The van der Waals surface area contributed by atoms with Crippen molar-refractivity contribution in [2.24, 2.45) is 0 Å².